The lowest BCUT2D eigenvalue weighted by atomic mass is 10.0. The fourth-order valence-corrected chi connectivity index (χ4v) is 4.46. The molecule has 0 unspecified atom stereocenters. The minimum absolute atomic E-state index is 0.0891. The summed E-state index contributed by atoms with van der Waals surface area (Å²) in [5.41, 5.74) is 1.58. The predicted molar refractivity (Wildman–Crippen MR) is 141 cm³/mol. The van der Waals surface area contributed by atoms with Gasteiger partial charge in [0.15, 0.2) is 0 Å². The van der Waals surface area contributed by atoms with Crippen LogP contribution >= 0.6 is 23.4 Å². The van der Waals surface area contributed by atoms with Gasteiger partial charge in [-0.25, -0.2) is 0 Å². The molecule has 0 aliphatic heterocycles. The van der Waals surface area contributed by atoms with Crippen molar-refractivity contribution < 1.29 is 9.59 Å². The quantitative estimate of drug-likeness (QED) is 0.372. The molecule has 3 rings (SSSR count). The highest BCUT2D eigenvalue weighted by Gasteiger charge is 2.32. The van der Waals surface area contributed by atoms with Crippen molar-refractivity contribution in [3.05, 3.63) is 101 Å². The molecule has 0 heterocycles. The molecule has 0 saturated carbocycles. The van der Waals surface area contributed by atoms with Crippen LogP contribution < -0.4 is 5.32 Å². The zero-order valence-corrected chi connectivity index (χ0v) is 21.4. The first-order valence-electron chi connectivity index (χ1n) is 11.3. The van der Waals surface area contributed by atoms with E-state index < -0.39 is 11.6 Å². The van der Waals surface area contributed by atoms with Crippen molar-refractivity contribution in [2.45, 2.75) is 50.2 Å². The summed E-state index contributed by atoms with van der Waals surface area (Å²) in [7, 11) is 0. The topological polar surface area (TPSA) is 49.4 Å². The molecule has 1 N–H and O–H groups in total. The van der Waals surface area contributed by atoms with Gasteiger partial charge < -0.3 is 10.2 Å². The third-order valence-electron chi connectivity index (χ3n) is 5.14. The maximum Gasteiger partial charge on any atom is 0.243 e. The van der Waals surface area contributed by atoms with Gasteiger partial charge in [0.2, 0.25) is 11.8 Å². The second kappa shape index (κ2) is 12.1. The predicted octanol–water partition coefficient (Wildman–Crippen LogP) is 5.99. The van der Waals surface area contributed by atoms with Gasteiger partial charge in [0, 0.05) is 28.4 Å². The van der Waals surface area contributed by atoms with Crippen molar-refractivity contribution in [3.63, 3.8) is 0 Å². The molecule has 0 spiro atoms. The van der Waals surface area contributed by atoms with Gasteiger partial charge in [-0.15, -0.1) is 11.8 Å². The molecule has 0 aromatic heterocycles. The summed E-state index contributed by atoms with van der Waals surface area (Å²) in [5, 5.41) is 3.74. The van der Waals surface area contributed by atoms with E-state index in [-0.39, 0.29) is 17.6 Å². The molecule has 3 aromatic rings. The van der Waals surface area contributed by atoms with Gasteiger partial charge >= 0.3 is 0 Å². The zero-order valence-electron chi connectivity index (χ0n) is 19.8. The van der Waals surface area contributed by atoms with Gasteiger partial charge in [-0.2, -0.15) is 0 Å². The van der Waals surface area contributed by atoms with Crippen LogP contribution in [-0.2, 0) is 22.6 Å². The number of benzene rings is 3. The van der Waals surface area contributed by atoms with Crippen molar-refractivity contribution in [2.75, 3.05) is 5.75 Å². The normalized spacial score (nSPS) is 12.1. The smallest absolute Gasteiger partial charge is 0.243 e. The number of halogens is 1. The lowest BCUT2D eigenvalue weighted by molar-refractivity contribution is -0.140. The summed E-state index contributed by atoms with van der Waals surface area (Å²) >= 11 is 7.44. The minimum Gasteiger partial charge on any atom is -0.350 e. The van der Waals surface area contributed by atoms with Crippen molar-refractivity contribution in [3.8, 4) is 0 Å². The molecule has 3 aromatic carbocycles. The second-order valence-electron chi connectivity index (χ2n) is 9.19. The Kier molecular flexibility index (Phi) is 9.20. The third-order valence-corrected chi connectivity index (χ3v) is 6.39. The zero-order chi connectivity index (χ0) is 24.6. The van der Waals surface area contributed by atoms with Crippen LogP contribution in [0.25, 0.3) is 0 Å². The molecule has 0 fully saturated rings. The number of nitrogens with one attached hydrogen (secondary N) is 1. The summed E-state index contributed by atoms with van der Waals surface area (Å²) < 4.78 is 0. The fraction of sp³-hybridized carbons (Fsp3) is 0.286. The second-order valence-corrected chi connectivity index (χ2v) is 10.7. The molecule has 4 nitrogen and oxygen atoms in total. The maximum absolute atomic E-state index is 13.6. The largest absolute Gasteiger partial charge is 0.350 e. The van der Waals surface area contributed by atoms with Crippen molar-refractivity contribution in [2.24, 2.45) is 0 Å². The molecule has 0 saturated heterocycles. The number of hydrogen-bond acceptors (Lipinski definition) is 3. The van der Waals surface area contributed by atoms with Crippen molar-refractivity contribution in [1.29, 1.82) is 0 Å². The van der Waals surface area contributed by atoms with Crippen LogP contribution in [0.1, 0.15) is 31.9 Å². The van der Waals surface area contributed by atoms with E-state index >= 15 is 0 Å². The first kappa shape index (κ1) is 25.9. The van der Waals surface area contributed by atoms with E-state index in [9.17, 15) is 9.59 Å². The first-order valence-corrected chi connectivity index (χ1v) is 12.7. The summed E-state index contributed by atoms with van der Waals surface area (Å²) in [5.74, 6) is -0.0198. The van der Waals surface area contributed by atoms with Gasteiger partial charge in [-0.05, 0) is 56.2 Å². The van der Waals surface area contributed by atoms with E-state index in [1.165, 1.54) is 11.8 Å². The molecule has 2 amide bonds. The Morgan fingerprint density at radius 2 is 1.44 bits per heavy atom. The van der Waals surface area contributed by atoms with Gasteiger partial charge in [0.25, 0.3) is 0 Å². The lowest BCUT2D eigenvalue weighted by Crippen LogP contribution is -2.54. The molecule has 34 heavy (non-hydrogen) atoms. The van der Waals surface area contributed by atoms with Crippen LogP contribution in [0.15, 0.2) is 89.8 Å². The number of rotatable bonds is 9. The van der Waals surface area contributed by atoms with Crippen LogP contribution in [0.3, 0.4) is 0 Å². The molecular weight excluding hydrogens is 464 g/mol. The molecule has 178 valence electrons. The summed E-state index contributed by atoms with van der Waals surface area (Å²) in [6.45, 7) is 6.20. The minimum atomic E-state index is -0.639. The van der Waals surface area contributed by atoms with Crippen LogP contribution in [-0.4, -0.2) is 34.0 Å². The van der Waals surface area contributed by atoms with E-state index in [1.54, 1.807) is 4.90 Å². The highest BCUT2D eigenvalue weighted by Crippen LogP contribution is 2.23. The highest BCUT2D eigenvalue weighted by molar-refractivity contribution is 8.00. The maximum atomic E-state index is 13.6. The summed E-state index contributed by atoms with van der Waals surface area (Å²) in [6.07, 6.45) is 0.437. The van der Waals surface area contributed by atoms with Gasteiger partial charge in [0.05, 0.1) is 5.75 Å². The van der Waals surface area contributed by atoms with Crippen LogP contribution in [0.4, 0.5) is 0 Å². The number of carbonyl (C=O) groups excluding carboxylic acids is 2. The number of hydrogen-bond donors (Lipinski definition) is 1. The third kappa shape index (κ3) is 8.23. The SMILES string of the molecule is CC(C)(C)NC(=O)[C@@H](Cc1ccccc1)N(Cc1ccccc1)C(=O)CSc1ccc(Cl)cc1. The summed E-state index contributed by atoms with van der Waals surface area (Å²) in [4.78, 5) is 29.7. The Morgan fingerprint density at radius 3 is 2.00 bits per heavy atom. The average Bonchev–Trinajstić information content (AvgIpc) is 2.81. The van der Waals surface area contributed by atoms with Crippen LogP contribution in [0, 0.1) is 0 Å². The Morgan fingerprint density at radius 1 is 0.882 bits per heavy atom. The number of thioether (sulfide) groups is 1. The van der Waals surface area contributed by atoms with Crippen molar-refractivity contribution in [1.82, 2.24) is 10.2 Å². The Labute approximate surface area is 211 Å². The molecular formula is C28H31ClN2O2S. The van der Waals surface area contributed by atoms with E-state index in [2.05, 4.69) is 5.32 Å². The fourth-order valence-electron chi connectivity index (χ4n) is 3.55. The van der Waals surface area contributed by atoms with Gasteiger partial charge in [0.1, 0.15) is 6.04 Å². The molecule has 0 radical (unpaired) electrons. The first-order chi connectivity index (χ1) is 16.2. The summed E-state index contributed by atoms with van der Waals surface area (Å²) in [6, 6.07) is 26.4. The van der Waals surface area contributed by atoms with Crippen LogP contribution in [0.2, 0.25) is 5.02 Å². The van der Waals surface area contributed by atoms with Gasteiger partial charge in [-0.1, -0.05) is 72.3 Å². The van der Waals surface area contributed by atoms with E-state index in [0.717, 1.165) is 16.0 Å². The molecule has 0 bridgehead atoms. The Bertz CT molecular complexity index is 1070. The molecule has 0 aliphatic rings. The molecule has 6 heteroatoms. The van der Waals surface area contributed by atoms with E-state index in [0.29, 0.717) is 18.0 Å². The number of carbonyl (C=O) groups is 2. The Hall–Kier alpha value is -2.76. The standard InChI is InChI=1S/C28H31ClN2O2S/c1-28(2,3)30-27(33)25(18-21-10-6-4-7-11-21)31(19-22-12-8-5-9-13-22)26(32)20-34-24-16-14-23(29)15-17-24/h4-17,25H,18-20H2,1-3H3,(H,30,33)/t25-/m1/s1. The monoisotopic (exact) mass is 494 g/mol. The average molecular weight is 495 g/mol. The number of nitrogens with zero attached hydrogens (tertiary/aromatic N) is 1. The van der Waals surface area contributed by atoms with Gasteiger partial charge in [-0.3, -0.25) is 9.59 Å². The van der Waals surface area contributed by atoms with E-state index in [4.69, 9.17) is 11.6 Å². The molecule has 1 atom stereocenters. The molecule has 0 aliphatic carbocycles. The highest BCUT2D eigenvalue weighted by atomic mass is 35.5. The number of amides is 2. The van der Waals surface area contributed by atoms with Crippen LogP contribution in [0.5, 0.6) is 0 Å². The lowest BCUT2D eigenvalue weighted by Gasteiger charge is -2.34. The van der Waals surface area contributed by atoms with E-state index in [1.807, 2.05) is 106 Å². The van der Waals surface area contributed by atoms with Crippen molar-refractivity contribution >= 4 is 35.2 Å². The Balaban J connectivity index is 1.89.